The summed E-state index contributed by atoms with van der Waals surface area (Å²) in [5.41, 5.74) is 1.13. The molecule has 76 valence electrons. The lowest BCUT2D eigenvalue weighted by molar-refractivity contribution is 0.759. The highest BCUT2D eigenvalue weighted by Crippen LogP contribution is 2.22. The first kappa shape index (κ1) is 11.5. The van der Waals surface area contributed by atoms with Gasteiger partial charge < -0.3 is 0 Å². The predicted octanol–water partition coefficient (Wildman–Crippen LogP) is 2.91. The van der Waals surface area contributed by atoms with Crippen LogP contribution in [0, 0.1) is 0 Å². The monoisotopic (exact) mass is 224 g/mol. The second kappa shape index (κ2) is 4.33. The van der Waals surface area contributed by atoms with Gasteiger partial charge in [0.25, 0.3) is 0 Å². The van der Waals surface area contributed by atoms with Crippen LogP contribution in [0.25, 0.3) is 5.03 Å². The van der Waals surface area contributed by atoms with Crippen molar-refractivity contribution in [2.45, 2.75) is 25.8 Å². The number of halogens is 1. The van der Waals surface area contributed by atoms with E-state index in [9.17, 15) is 0 Å². The van der Waals surface area contributed by atoms with E-state index in [0.717, 1.165) is 5.56 Å². The first-order valence-corrected chi connectivity index (χ1v) is 6.62. The minimum Gasteiger partial charge on any atom is -0.0843 e. The molecule has 0 unspecified atom stereocenters. The minimum absolute atomic E-state index is 0.290. The molecule has 0 nitrogen and oxygen atoms in total. The van der Waals surface area contributed by atoms with Crippen molar-refractivity contribution in [2.24, 2.45) is 0 Å². The summed E-state index contributed by atoms with van der Waals surface area (Å²) in [5, 5.41) is 2.50. The lowest BCUT2D eigenvalue weighted by Crippen LogP contribution is -2.25. The summed E-state index contributed by atoms with van der Waals surface area (Å²) in [7, 11) is -0.290. The first-order valence-electron chi connectivity index (χ1n) is 4.83. The van der Waals surface area contributed by atoms with Gasteiger partial charge in [-0.1, -0.05) is 68.4 Å². The van der Waals surface area contributed by atoms with E-state index in [1.807, 2.05) is 6.07 Å². The molecule has 1 aromatic rings. The average molecular weight is 225 g/mol. The Morgan fingerprint density at radius 3 is 2.36 bits per heavy atom. The van der Waals surface area contributed by atoms with E-state index in [-0.39, 0.29) is 9.52 Å². The third-order valence-electron chi connectivity index (χ3n) is 2.03. The zero-order valence-electron chi connectivity index (χ0n) is 9.10. The Balaban J connectivity index is 3.02. The number of rotatable bonds is 2. The summed E-state index contributed by atoms with van der Waals surface area (Å²) in [6.45, 7) is 10.7. The molecule has 0 radical (unpaired) electrons. The van der Waals surface area contributed by atoms with Gasteiger partial charge in [-0.2, -0.15) is 0 Å². The molecule has 0 spiro atoms. The molecule has 0 aliphatic rings. The van der Waals surface area contributed by atoms with Gasteiger partial charge in [-0.3, -0.25) is 0 Å². The van der Waals surface area contributed by atoms with Gasteiger partial charge in [0.15, 0.2) is 0 Å². The largest absolute Gasteiger partial charge is 0.0843 e. The van der Waals surface area contributed by atoms with Crippen LogP contribution < -0.4 is 5.19 Å². The van der Waals surface area contributed by atoms with E-state index < -0.39 is 0 Å². The molecule has 0 fully saturated rings. The fourth-order valence-electron chi connectivity index (χ4n) is 1.51. The lowest BCUT2D eigenvalue weighted by atomic mass is 10.2. The maximum atomic E-state index is 5.96. The molecule has 0 atom stereocenters. The van der Waals surface area contributed by atoms with Crippen LogP contribution in [0.1, 0.15) is 26.3 Å². The van der Waals surface area contributed by atoms with Crippen LogP contribution in [0.15, 0.2) is 30.8 Å². The molecular weight excluding hydrogens is 208 g/mol. The van der Waals surface area contributed by atoms with Gasteiger partial charge in [-0.15, -0.1) is 0 Å². The maximum absolute atomic E-state index is 5.96. The Hall–Kier alpha value is -0.533. The Labute approximate surface area is 93.8 Å². The van der Waals surface area contributed by atoms with Gasteiger partial charge in [0.2, 0.25) is 0 Å². The van der Waals surface area contributed by atoms with E-state index >= 15 is 0 Å². The van der Waals surface area contributed by atoms with Gasteiger partial charge in [0, 0.05) is 5.03 Å². The van der Waals surface area contributed by atoms with Gasteiger partial charge >= 0.3 is 0 Å². The molecule has 0 heterocycles. The molecule has 0 amide bonds. The van der Waals surface area contributed by atoms with Crippen molar-refractivity contribution in [3.8, 4) is 0 Å². The summed E-state index contributed by atoms with van der Waals surface area (Å²) in [5.74, 6) is 0. The van der Waals surface area contributed by atoms with Crippen molar-refractivity contribution < 1.29 is 0 Å². The molecule has 0 saturated heterocycles. The fourth-order valence-corrected chi connectivity index (χ4v) is 3.73. The Morgan fingerprint density at radius 1 is 1.29 bits per heavy atom. The lowest BCUT2D eigenvalue weighted by Gasteiger charge is -2.19. The summed E-state index contributed by atoms with van der Waals surface area (Å²) in [4.78, 5) is 0. The second-order valence-corrected chi connectivity index (χ2v) is 8.49. The zero-order valence-corrected chi connectivity index (χ0v) is 11.3. The normalized spacial score (nSPS) is 12.3. The van der Waals surface area contributed by atoms with E-state index in [4.69, 9.17) is 11.6 Å². The summed E-state index contributed by atoms with van der Waals surface area (Å²) in [6, 6.07) is 8.34. The van der Waals surface area contributed by atoms with Crippen LogP contribution in [0.4, 0.5) is 0 Å². The van der Waals surface area contributed by atoms with Crippen LogP contribution in [0.2, 0.25) is 5.04 Å². The molecular formula is C12H17ClSi. The van der Waals surface area contributed by atoms with Crippen LogP contribution in [-0.2, 0) is 0 Å². The smallest absolute Gasteiger partial charge is 0.0609 e. The van der Waals surface area contributed by atoms with E-state index in [1.165, 1.54) is 5.19 Å². The molecule has 1 rings (SSSR count). The molecule has 14 heavy (non-hydrogen) atoms. The van der Waals surface area contributed by atoms with Crippen LogP contribution in [0.3, 0.4) is 0 Å². The van der Waals surface area contributed by atoms with E-state index in [0.29, 0.717) is 10.1 Å². The standard InChI is InChI=1S/C12H17ClSi/c1-9(13)10-7-5-6-8-11(10)14-12(2,3)4/h5-8H,1,14H2,2-4H3. The highest BCUT2D eigenvalue weighted by Gasteiger charge is 2.14. The fraction of sp³-hybridized carbons (Fsp3) is 0.333. The molecule has 2 heteroatoms. The van der Waals surface area contributed by atoms with Crippen molar-refractivity contribution in [3.05, 3.63) is 36.4 Å². The van der Waals surface area contributed by atoms with Crippen LogP contribution in [0.5, 0.6) is 0 Å². The van der Waals surface area contributed by atoms with Crippen molar-refractivity contribution in [2.75, 3.05) is 0 Å². The Bertz CT molecular complexity index is 336. The van der Waals surface area contributed by atoms with E-state index in [1.54, 1.807) is 0 Å². The van der Waals surface area contributed by atoms with Crippen molar-refractivity contribution in [1.29, 1.82) is 0 Å². The van der Waals surface area contributed by atoms with Crippen molar-refractivity contribution in [3.63, 3.8) is 0 Å². The quantitative estimate of drug-likeness (QED) is 0.678. The average Bonchev–Trinajstić information content (AvgIpc) is 2.01. The van der Waals surface area contributed by atoms with Crippen molar-refractivity contribution >= 4 is 31.3 Å². The molecule has 0 N–H and O–H groups in total. The zero-order chi connectivity index (χ0) is 10.8. The third-order valence-corrected chi connectivity index (χ3v) is 4.29. The SMILES string of the molecule is C=C(Cl)c1ccccc1[SiH2]C(C)(C)C. The number of benzene rings is 1. The summed E-state index contributed by atoms with van der Waals surface area (Å²) >= 11 is 5.96. The number of hydrogen-bond acceptors (Lipinski definition) is 0. The van der Waals surface area contributed by atoms with Crippen molar-refractivity contribution in [1.82, 2.24) is 0 Å². The minimum atomic E-state index is -0.290. The van der Waals surface area contributed by atoms with Crippen LogP contribution in [-0.4, -0.2) is 9.52 Å². The summed E-state index contributed by atoms with van der Waals surface area (Å²) < 4.78 is 0. The highest BCUT2D eigenvalue weighted by molar-refractivity contribution is 6.60. The molecule has 0 aliphatic heterocycles. The predicted molar refractivity (Wildman–Crippen MR) is 69.2 cm³/mol. The Kier molecular flexibility index (Phi) is 3.57. The van der Waals surface area contributed by atoms with Gasteiger partial charge in [-0.25, -0.2) is 0 Å². The second-order valence-electron chi connectivity index (χ2n) is 4.80. The molecule has 0 aromatic heterocycles. The van der Waals surface area contributed by atoms with Crippen LogP contribution >= 0.6 is 11.6 Å². The van der Waals surface area contributed by atoms with Gasteiger partial charge in [0.05, 0.1) is 9.52 Å². The van der Waals surface area contributed by atoms with Gasteiger partial charge in [-0.05, 0) is 10.6 Å². The molecule has 0 saturated carbocycles. The van der Waals surface area contributed by atoms with E-state index in [2.05, 4.69) is 45.5 Å². The number of hydrogen-bond donors (Lipinski definition) is 0. The maximum Gasteiger partial charge on any atom is 0.0609 e. The highest BCUT2D eigenvalue weighted by atomic mass is 35.5. The summed E-state index contributed by atoms with van der Waals surface area (Å²) in [6.07, 6.45) is 0. The third kappa shape index (κ3) is 3.32. The first-order chi connectivity index (χ1) is 6.40. The molecule has 1 aromatic carbocycles. The molecule has 0 aliphatic carbocycles. The topological polar surface area (TPSA) is 0 Å². The molecule has 0 bridgehead atoms. The Morgan fingerprint density at radius 2 is 1.86 bits per heavy atom. The van der Waals surface area contributed by atoms with Gasteiger partial charge in [0.1, 0.15) is 0 Å².